The zero-order valence-electron chi connectivity index (χ0n) is 8.00. The first-order valence-electron chi connectivity index (χ1n) is 4.84. The van der Waals surface area contributed by atoms with Crippen molar-refractivity contribution in [1.82, 2.24) is 20.2 Å². The number of ether oxygens (including phenoxy) is 1. The second-order valence-electron chi connectivity index (χ2n) is 4.13. The van der Waals surface area contributed by atoms with Crippen LogP contribution >= 0.6 is 0 Å². The van der Waals surface area contributed by atoms with E-state index in [0.717, 1.165) is 19.0 Å². The molecule has 1 aromatic rings. The molecule has 76 valence electrons. The van der Waals surface area contributed by atoms with Gasteiger partial charge in [-0.05, 0) is 28.2 Å². The summed E-state index contributed by atoms with van der Waals surface area (Å²) in [7, 11) is 1.82. The molecule has 2 fully saturated rings. The number of rotatable bonds is 2. The molecule has 3 unspecified atom stereocenters. The van der Waals surface area contributed by atoms with Gasteiger partial charge >= 0.3 is 0 Å². The van der Waals surface area contributed by atoms with Crippen molar-refractivity contribution in [2.45, 2.75) is 6.04 Å². The van der Waals surface area contributed by atoms with Crippen molar-refractivity contribution in [3.8, 4) is 0 Å². The van der Waals surface area contributed by atoms with Gasteiger partial charge in [-0.25, -0.2) is 4.68 Å². The molecule has 1 saturated carbocycles. The Hall–Kier alpha value is -1.01. The molecule has 0 spiro atoms. The van der Waals surface area contributed by atoms with Gasteiger partial charge in [-0.15, -0.1) is 5.10 Å². The van der Waals surface area contributed by atoms with Gasteiger partial charge in [0.2, 0.25) is 0 Å². The van der Waals surface area contributed by atoms with Gasteiger partial charge in [-0.3, -0.25) is 0 Å². The van der Waals surface area contributed by atoms with E-state index >= 15 is 0 Å². The third-order valence-corrected chi connectivity index (χ3v) is 3.38. The molecular formula is C8H13N5O. The number of nitrogens with two attached hydrogens (primary N) is 1. The maximum Gasteiger partial charge on any atom is 0.168 e. The molecule has 6 nitrogen and oxygen atoms in total. The van der Waals surface area contributed by atoms with Crippen molar-refractivity contribution in [3.63, 3.8) is 0 Å². The fourth-order valence-corrected chi connectivity index (χ4v) is 2.51. The minimum absolute atomic E-state index is 0.0334. The second-order valence-corrected chi connectivity index (χ2v) is 4.13. The van der Waals surface area contributed by atoms with Gasteiger partial charge in [0.05, 0.1) is 19.3 Å². The van der Waals surface area contributed by atoms with Crippen LogP contribution in [0.1, 0.15) is 11.9 Å². The van der Waals surface area contributed by atoms with Crippen LogP contribution in [0.4, 0.5) is 0 Å². The Morgan fingerprint density at radius 3 is 2.79 bits per heavy atom. The summed E-state index contributed by atoms with van der Waals surface area (Å²) < 4.78 is 6.97. The number of tetrazole rings is 1. The Morgan fingerprint density at radius 1 is 1.50 bits per heavy atom. The van der Waals surface area contributed by atoms with Crippen LogP contribution in [-0.2, 0) is 11.8 Å². The molecule has 2 N–H and O–H groups in total. The number of hydrogen-bond donors (Lipinski definition) is 1. The van der Waals surface area contributed by atoms with E-state index in [1.54, 1.807) is 4.68 Å². The first-order chi connectivity index (χ1) is 6.79. The number of fused-ring (bicyclic) bond motifs is 1. The molecule has 0 radical (unpaired) electrons. The van der Waals surface area contributed by atoms with Gasteiger partial charge in [0.1, 0.15) is 0 Å². The second kappa shape index (κ2) is 2.74. The molecule has 3 atom stereocenters. The van der Waals surface area contributed by atoms with E-state index in [0.29, 0.717) is 17.8 Å². The lowest BCUT2D eigenvalue weighted by Crippen LogP contribution is -2.21. The Balaban J connectivity index is 1.78. The van der Waals surface area contributed by atoms with Crippen molar-refractivity contribution in [2.24, 2.45) is 30.5 Å². The van der Waals surface area contributed by atoms with E-state index in [1.165, 1.54) is 0 Å². The summed E-state index contributed by atoms with van der Waals surface area (Å²) in [5.41, 5.74) is 6.12. The van der Waals surface area contributed by atoms with Gasteiger partial charge < -0.3 is 10.5 Å². The Kier molecular flexibility index (Phi) is 1.63. The molecule has 0 amide bonds. The van der Waals surface area contributed by atoms with Gasteiger partial charge in [0, 0.05) is 7.05 Å². The minimum atomic E-state index is -0.0334. The fourth-order valence-electron chi connectivity index (χ4n) is 2.51. The van der Waals surface area contributed by atoms with Gasteiger partial charge in [0.15, 0.2) is 5.82 Å². The number of aryl methyl sites for hydroxylation is 1. The zero-order chi connectivity index (χ0) is 9.71. The van der Waals surface area contributed by atoms with Crippen molar-refractivity contribution in [2.75, 3.05) is 13.2 Å². The smallest absolute Gasteiger partial charge is 0.168 e. The maximum atomic E-state index is 6.12. The summed E-state index contributed by atoms with van der Waals surface area (Å²) in [4.78, 5) is 0. The van der Waals surface area contributed by atoms with E-state index < -0.39 is 0 Å². The van der Waals surface area contributed by atoms with Gasteiger partial charge in [-0.1, -0.05) is 0 Å². The van der Waals surface area contributed by atoms with Crippen LogP contribution < -0.4 is 5.73 Å². The summed E-state index contributed by atoms with van der Waals surface area (Å²) in [6.07, 6.45) is 0. The van der Waals surface area contributed by atoms with Gasteiger partial charge in [-0.2, -0.15) is 0 Å². The Labute approximate surface area is 81.4 Å². The first-order valence-corrected chi connectivity index (χ1v) is 4.84. The number of nitrogens with zero attached hydrogens (tertiary/aromatic N) is 4. The Bertz CT molecular complexity index is 341. The summed E-state index contributed by atoms with van der Waals surface area (Å²) in [5.74, 6) is 2.58. The predicted octanol–water partition coefficient (Wildman–Crippen LogP) is -0.898. The lowest BCUT2D eigenvalue weighted by molar-refractivity contribution is 0.145. The standard InChI is InChI=1S/C8H13N5O/c1-13-8(10-11-12-13)7(9)6-4-2-14-3-5(4)6/h4-7H,2-3,9H2,1H3. The molecule has 1 aliphatic heterocycles. The lowest BCUT2D eigenvalue weighted by atomic mass is 10.1. The SMILES string of the molecule is Cn1nnnc1C(N)C1C2COCC21. The number of hydrogen-bond acceptors (Lipinski definition) is 5. The molecule has 2 aliphatic rings. The largest absolute Gasteiger partial charge is 0.381 e. The fraction of sp³-hybridized carbons (Fsp3) is 0.875. The third kappa shape index (κ3) is 1.01. The molecule has 1 aliphatic carbocycles. The molecule has 0 aromatic carbocycles. The third-order valence-electron chi connectivity index (χ3n) is 3.38. The molecule has 2 heterocycles. The summed E-state index contributed by atoms with van der Waals surface area (Å²) in [6.45, 7) is 1.71. The lowest BCUT2D eigenvalue weighted by Gasteiger charge is -2.11. The predicted molar refractivity (Wildman–Crippen MR) is 47.0 cm³/mol. The average molecular weight is 195 g/mol. The first kappa shape index (κ1) is 8.31. The van der Waals surface area contributed by atoms with Crippen molar-refractivity contribution >= 4 is 0 Å². The van der Waals surface area contributed by atoms with E-state index in [4.69, 9.17) is 10.5 Å². The summed E-state index contributed by atoms with van der Waals surface area (Å²) in [6, 6.07) is -0.0334. The normalized spacial score (nSPS) is 36.9. The van der Waals surface area contributed by atoms with Crippen LogP contribution in [0.15, 0.2) is 0 Å². The van der Waals surface area contributed by atoms with E-state index in [2.05, 4.69) is 15.5 Å². The maximum absolute atomic E-state index is 6.12. The quantitative estimate of drug-likeness (QED) is 0.661. The van der Waals surface area contributed by atoms with Crippen LogP contribution in [0.2, 0.25) is 0 Å². The molecule has 14 heavy (non-hydrogen) atoms. The molecular weight excluding hydrogens is 182 g/mol. The average Bonchev–Trinajstić information content (AvgIpc) is 2.57. The molecule has 1 saturated heterocycles. The number of aromatic nitrogens is 4. The highest BCUT2D eigenvalue weighted by atomic mass is 16.5. The van der Waals surface area contributed by atoms with Crippen molar-refractivity contribution in [1.29, 1.82) is 0 Å². The summed E-state index contributed by atoms with van der Waals surface area (Å²) in [5, 5.41) is 11.3. The minimum Gasteiger partial charge on any atom is -0.381 e. The molecule has 0 bridgehead atoms. The van der Waals surface area contributed by atoms with Crippen molar-refractivity contribution < 1.29 is 4.74 Å². The van der Waals surface area contributed by atoms with E-state index in [-0.39, 0.29) is 6.04 Å². The monoisotopic (exact) mass is 195 g/mol. The van der Waals surface area contributed by atoms with Crippen LogP contribution in [-0.4, -0.2) is 33.4 Å². The highest BCUT2D eigenvalue weighted by Crippen LogP contribution is 2.55. The van der Waals surface area contributed by atoms with Crippen LogP contribution in [0.5, 0.6) is 0 Å². The highest BCUT2D eigenvalue weighted by molar-refractivity contribution is 5.10. The van der Waals surface area contributed by atoms with E-state index in [9.17, 15) is 0 Å². The topological polar surface area (TPSA) is 78.9 Å². The molecule has 3 rings (SSSR count). The van der Waals surface area contributed by atoms with Crippen LogP contribution in [0, 0.1) is 17.8 Å². The zero-order valence-corrected chi connectivity index (χ0v) is 8.00. The Morgan fingerprint density at radius 2 is 2.21 bits per heavy atom. The van der Waals surface area contributed by atoms with Crippen molar-refractivity contribution in [3.05, 3.63) is 5.82 Å². The van der Waals surface area contributed by atoms with Gasteiger partial charge in [0.25, 0.3) is 0 Å². The summed E-state index contributed by atoms with van der Waals surface area (Å²) >= 11 is 0. The molecule has 1 aromatic heterocycles. The van der Waals surface area contributed by atoms with E-state index in [1.807, 2.05) is 7.05 Å². The highest BCUT2D eigenvalue weighted by Gasteiger charge is 2.57. The molecule has 6 heteroatoms. The van der Waals surface area contributed by atoms with Crippen LogP contribution in [0.25, 0.3) is 0 Å². The van der Waals surface area contributed by atoms with Crippen LogP contribution in [0.3, 0.4) is 0 Å².